The minimum absolute atomic E-state index is 0.121. The molecule has 3 nitrogen and oxygen atoms in total. The quantitative estimate of drug-likeness (QED) is 0.697. The summed E-state index contributed by atoms with van der Waals surface area (Å²) in [5.74, 6) is 1.34. The van der Waals surface area contributed by atoms with Gasteiger partial charge in [-0.15, -0.1) is 0 Å². The van der Waals surface area contributed by atoms with Crippen molar-refractivity contribution in [3.63, 3.8) is 0 Å². The van der Waals surface area contributed by atoms with Gasteiger partial charge in [-0.3, -0.25) is 0 Å². The van der Waals surface area contributed by atoms with Gasteiger partial charge in [0.05, 0.1) is 19.3 Å². The number of benzene rings is 1. The van der Waals surface area contributed by atoms with Gasteiger partial charge >= 0.3 is 0 Å². The average Bonchev–Trinajstić information content (AvgIpc) is 3.15. The van der Waals surface area contributed by atoms with E-state index in [2.05, 4.69) is 32.9 Å². The van der Waals surface area contributed by atoms with Crippen LogP contribution in [0.1, 0.15) is 19.4 Å². The molecule has 1 aromatic carbocycles. The Bertz CT molecular complexity index is 355. The average molecular weight is 250 g/mol. The van der Waals surface area contributed by atoms with Gasteiger partial charge in [0.25, 0.3) is 0 Å². The van der Waals surface area contributed by atoms with Crippen LogP contribution < -0.4 is 4.74 Å². The highest BCUT2D eigenvalue weighted by Gasteiger charge is 2.25. The van der Waals surface area contributed by atoms with Crippen molar-refractivity contribution < 1.29 is 14.2 Å². The van der Waals surface area contributed by atoms with E-state index in [9.17, 15) is 0 Å². The molecule has 0 bridgehead atoms. The van der Waals surface area contributed by atoms with E-state index in [1.165, 1.54) is 5.56 Å². The smallest absolute Gasteiger partial charge is 0.119 e. The molecule has 0 aromatic heterocycles. The van der Waals surface area contributed by atoms with Crippen LogP contribution in [0.3, 0.4) is 0 Å². The lowest BCUT2D eigenvalue weighted by Gasteiger charge is -2.21. The molecule has 0 N–H and O–H groups in total. The van der Waals surface area contributed by atoms with Gasteiger partial charge in [0, 0.05) is 0 Å². The lowest BCUT2D eigenvalue weighted by atomic mass is 10.1. The normalized spacial score (nSPS) is 19.9. The van der Waals surface area contributed by atoms with Crippen molar-refractivity contribution in [2.45, 2.75) is 33.0 Å². The Kier molecular flexibility index (Phi) is 4.61. The minimum atomic E-state index is 0.121. The van der Waals surface area contributed by atoms with Gasteiger partial charge in [0.15, 0.2) is 0 Å². The molecule has 3 heteroatoms. The molecule has 1 aromatic rings. The maximum atomic E-state index is 5.82. The first-order chi connectivity index (χ1) is 8.65. The molecule has 1 fully saturated rings. The second kappa shape index (κ2) is 6.21. The van der Waals surface area contributed by atoms with Crippen LogP contribution in [0.15, 0.2) is 24.3 Å². The summed E-state index contributed by atoms with van der Waals surface area (Å²) in [5, 5.41) is 0. The summed E-state index contributed by atoms with van der Waals surface area (Å²) in [5.41, 5.74) is 1.24. The largest absolute Gasteiger partial charge is 0.491 e. The first kappa shape index (κ1) is 13.4. The van der Waals surface area contributed by atoms with Crippen molar-refractivity contribution in [3.8, 4) is 5.75 Å². The van der Waals surface area contributed by atoms with Crippen molar-refractivity contribution in [3.05, 3.63) is 29.8 Å². The molecule has 2 unspecified atom stereocenters. The molecule has 2 atom stereocenters. The Morgan fingerprint density at radius 2 is 1.94 bits per heavy atom. The highest BCUT2D eigenvalue weighted by molar-refractivity contribution is 5.26. The molecule has 0 spiro atoms. The third-order valence-electron chi connectivity index (χ3n) is 3.08. The van der Waals surface area contributed by atoms with Crippen LogP contribution in [0.5, 0.6) is 5.75 Å². The Morgan fingerprint density at radius 1 is 1.28 bits per heavy atom. The summed E-state index contributed by atoms with van der Waals surface area (Å²) in [7, 11) is 0. The van der Waals surface area contributed by atoms with E-state index in [0.29, 0.717) is 25.2 Å². The minimum Gasteiger partial charge on any atom is -0.491 e. The van der Waals surface area contributed by atoms with Crippen molar-refractivity contribution in [2.24, 2.45) is 5.92 Å². The lowest BCUT2D eigenvalue weighted by molar-refractivity contribution is -0.0137. The topological polar surface area (TPSA) is 31.0 Å². The zero-order valence-electron chi connectivity index (χ0n) is 11.4. The molecule has 2 rings (SSSR count). The van der Waals surface area contributed by atoms with Crippen molar-refractivity contribution >= 4 is 0 Å². The number of ether oxygens (including phenoxy) is 3. The van der Waals surface area contributed by atoms with Gasteiger partial charge < -0.3 is 14.2 Å². The van der Waals surface area contributed by atoms with E-state index in [1.54, 1.807) is 0 Å². The standard InChI is InChI=1S/C15H22O3/c1-11(2)15(18-9-14-8-16-14)10-17-13-6-4-12(3)5-7-13/h4-7,11,14-15H,8-10H2,1-3H3. The molecule has 100 valence electrons. The van der Waals surface area contributed by atoms with Gasteiger partial charge in [-0.05, 0) is 25.0 Å². The number of epoxide rings is 1. The highest BCUT2D eigenvalue weighted by Crippen LogP contribution is 2.16. The summed E-state index contributed by atoms with van der Waals surface area (Å²) >= 11 is 0. The van der Waals surface area contributed by atoms with Gasteiger partial charge in [-0.2, -0.15) is 0 Å². The summed E-state index contributed by atoms with van der Waals surface area (Å²) < 4.78 is 16.7. The van der Waals surface area contributed by atoms with E-state index >= 15 is 0 Å². The molecule has 0 radical (unpaired) electrons. The third-order valence-corrected chi connectivity index (χ3v) is 3.08. The van der Waals surface area contributed by atoms with Crippen LogP contribution in [0.2, 0.25) is 0 Å². The number of rotatable bonds is 7. The maximum absolute atomic E-state index is 5.82. The van der Waals surface area contributed by atoms with Gasteiger partial charge in [0.2, 0.25) is 0 Å². The van der Waals surface area contributed by atoms with E-state index in [1.807, 2.05) is 12.1 Å². The highest BCUT2D eigenvalue weighted by atomic mass is 16.6. The monoisotopic (exact) mass is 250 g/mol. The molecule has 0 saturated carbocycles. The van der Waals surface area contributed by atoms with Crippen LogP contribution in [0.4, 0.5) is 0 Å². The van der Waals surface area contributed by atoms with Crippen molar-refractivity contribution in [1.29, 1.82) is 0 Å². The predicted octanol–water partition coefficient (Wildman–Crippen LogP) is 2.81. The Balaban J connectivity index is 1.78. The second-order valence-corrected chi connectivity index (χ2v) is 5.20. The predicted molar refractivity (Wildman–Crippen MR) is 71.0 cm³/mol. The third kappa shape index (κ3) is 4.31. The molecule has 0 amide bonds. The molecule has 0 aliphatic carbocycles. The van der Waals surface area contributed by atoms with Gasteiger partial charge in [-0.25, -0.2) is 0 Å². The molecular formula is C15H22O3. The fourth-order valence-corrected chi connectivity index (χ4v) is 1.64. The summed E-state index contributed by atoms with van der Waals surface area (Å²) in [4.78, 5) is 0. The number of aryl methyl sites for hydroxylation is 1. The molecule has 1 aliphatic heterocycles. The zero-order valence-corrected chi connectivity index (χ0v) is 11.4. The van der Waals surface area contributed by atoms with Crippen molar-refractivity contribution in [1.82, 2.24) is 0 Å². The van der Waals surface area contributed by atoms with Gasteiger partial charge in [-0.1, -0.05) is 31.5 Å². The number of hydrogen-bond acceptors (Lipinski definition) is 3. The summed E-state index contributed by atoms with van der Waals surface area (Å²) in [6.07, 6.45) is 0.432. The molecule has 1 heterocycles. The fraction of sp³-hybridized carbons (Fsp3) is 0.600. The fourth-order valence-electron chi connectivity index (χ4n) is 1.64. The van der Waals surface area contributed by atoms with Crippen LogP contribution in [-0.2, 0) is 9.47 Å². The van der Waals surface area contributed by atoms with E-state index < -0.39 is 0 Å². The molecule has 1 aliphatic rings. The van der Waals surface area contributed by atoms with Crippen LogP contribution in [-0.4, -0.2) is 32.0 Å². The Labute approximate surface area is 109 Å². The Hall–Kier alpha value is -1.06. The SMILES string of the molecule is Cc1ccc(OCC(OCC2CO2)C(C)C)cc1. The van der Waals surface area contributed by atoms with E-state index in [0.717, 1.165) is 12.4 Å². The van der Waals surface area contributed by atoms with Crippen LogP contribution in [0.25, 0.3) is 0 Å². The summed E-state index contributed by atoms with van der Waals surface area (Å²) in [6.45, 7) is 8.48. The first-order valence-electron chi connectivity index (χ1n) is 6.58. The zero-order chi connectivity index (χ0) is 13.0. The summed E-state index contributed by atoms with van der Waals surface area (Å²) in [6, 6.07) is 8.10. The second-order valence-electron chi connectivity index (χ2n) is 5.20. The van der Waals surface area contributed by atoms with Crippen LogP contribution in [0, 0.1) is 12.8 Å². The van der Waals surface area contributed by atoms with Crippen molar-refractivity contribution in [2.75, 3.05) is 19.8 Å². The van der Waals surface area contributed by atoms with E-state index in [-0.39, 0.29) is 6.10 Å². The molecule has 18 heavy (non-hydrogen) atoms. The van der Waals surface area contributed by atoms with E-state index in [4.69, 9.17) is 14.2 Å². The Morgan fingerprint density at radius 3 is 2.50 bits per heavy atom. The lowest BCUT2D eigenvalue weighted by Crippen LogP contribution is -2.28. The first-order valence-corrected chi connectivity index (χ1v) is 6.58. The molecule has 1 saturated heterocycles. The maximum Gasteiger partial charge on any atom is 0.119 e. The van der Waals surface area contributed by atoms with Gasteiger partial charge in [0.1, 0.15) is 18.5 Å². The van der Waals surface area contributed by atoms with Crippen LogP contribution >= 0.6 is 0 Å². The number of hydrogen-bond donors (Lipinski definition) is 0. The molecular weight excluding hydrogens is 228 g/mol.